The second-order valence-electron chi connectivity index (χ2n) is 5.11. The molecule has 0 fully saturated rings. The van der Waals surface area contributed by atoms with Gasteiger partial charge in [-0.1, -0.05) is 36.4 Å². The van der Waals surface area contributed by atoms with Crippen LogP contribution in [0.4, 0.5) is 0 Å². The Morgan fingerprint density at radius 2 is 1.79 bits per heavy atom. The summed E-state index contributed by atoms with van der Waals surface area (Å²) in [6, 6.07) is 17.3. The second-order valence-corrected chi connectivity index (χ2v) is 6.21. The third kappa shape index (κ3) is 3.02. The predicted molar refractivity (Wildman–Crippen MR) is 82.6 cm³/mol. The lowest BCUT2D eigenvalue weighted by Crippen LogP contribution is -2.12. The fourth-order valence-electron chi connectivity index (χ4n) is 2.62. The normalized spacial score (nSPS) is 15.2. The number of fused-ring (bicyclic) bond motifs is 1. The largest absolute Gasteiger partial charge is 0.323 e. The molecule has 2 heteroatoms. The minimum absolute atomic E-state index is 0.111. The van der Waals surface area contributed by atoms with Gasteiger partial charge < -0.3 is 5.73 Å². The zero-order chi connectivity index (χ0) is 13.1. The fraction of sp³-hybridized carbons (Fsp3) is 0.294. The van der Waals surface area contributed by atoms with E-state index in [9.17, 15) is 0 Å². The van der Waals surface area contributed by atoms with Gasteiger partial charge in [-0.3, -0.25) is 0 Å². The maximum atomic E-state index is 6.23. The molecule has 0 radical (unpaired) electrons. The molecule has 3 rings (SSSR count). The van der Waals surface area contributed by atoms with Gasteiger partial charge in [-0.15, -0.1) is 11.8 Å². The minimum atomic E-state index is 0.111. The smallest absolute Gasteiger partial charge is 0.0390 e. The first kappa shape index (κ1) is 12.8. The summed E-state index contributed by atoms with van der Waals surface area (Å²) >= 11 is 1.86. The fourth-order valence-corrected chi connectivity index (χ4v) is 3.57. The van der Waals surface area contributed by atoms with Gasteiger partial charge >= 0.3 is 0 Å². The number of thioether (sulfide) groups is 1. The van der Waals surface area contributed by atoms with Crippen molar-refractivity contribution in [3.8, 4) is 0 Å². The van der Waals surface area contributed by atoms with Crippen LogP contribution in [0.5, 0.6) is 0 Å². The summed E-state index contributed by atoms with van der Waals surface area (Å²) in [5, 5.41) is 0. The summed E-state index contributed by atoms with van der Waals surface area (Å²) in [5.41, 5.74) is 10.5. The van der Waals surface area contributed by atoms with E-state index in [4.69, 9.17) is 5.73 Å². The molecule has 1 aliphatic carbocycles. The van der Waals surface area contributed by atoms with Crippen molar-refractivity contribution < 1.29 is 0 Å². The lowest BCUT2D eigenvalue weighted by Gasteiger charge is -2.12. The molecule has 0 aromatic heterocycles. The molecule has 1 unspecified atom stereocenters. The van der Waals surface area contributed by atoms with Gasteiger partial charge in [0.2, 0.25) is 0 Å². The Kier molecular flexibility index (Phi) is 3.90. The van der Waals surface area contributed by atoms with Crippen LogP contribution in [-0.4, -0.2) is 5.75 Å². The molecule has 1 nitrogen and oxygen atoms in total. The number of aryl methyl sites for hydroxylation is 2. The van der Waals surface area contributed by atoms with E-state index >= 15 is 0 Å². The zero-order valence-corrected chi connectivity index (χ0v) is 11.8. The molecule has 0 bridgehead atoms. The Labute approximate surface area is 119 Å². The van der Waals surface area contributed by atoms with E-state index in [0.717, 1.165) is 5.75 Å². The molecule has 0 amide bonds. The van der Waals surface area contributed by atoms with Crippen LogP contribution >= 0.6 is 11.8 Å². The number of hydrogen-bond donors (Lipinski definition) is 1. The highest BCUT2D eigenvalue weighted by atomic mass is 32.2. The van der Waals surface area contributed by atoms with Crippen molar-refractivity contribution in [3.63, 3.8) is 0 Å². The van der Waals surface area contributed by atoms with Crippen molar-refractivity contribution in [3.05, 3.63) is 65.2 Å². The number of hydrogen-bond acceptors (Lipinski definition) is 2. The third-order valence-electron chi connectivity index (χ3n) is 3.73. The van der Waals surface area contributed by atoms with Gasteiger partial charge in [0.1, 0.15) is 0 Å². The SMILES string of the molecule is NC(CSc1ccc2c(c1)CCC2)c1ccccc1. The van der Waals surface area contributed by atoms with Crippen LogP contribution in [0.2, 0.25) is 0 Å². The van der Waals surface area contributed by atoms with Gasteiger partial charge in [0.15, 0.2) is 0 Å². The summed E-state index contributed by atoms with van der Waals surface area (Å²) in [7, 11) is 0. The van der Waals surface area contributed by atoms with Crippen LogP contribution in [0.3, 0.4) is 0 Å². The average molecular weight is 269 g/mol. The highest BCUT2D eigenvalue weighted by Crippen LogP contribution is 2.29. The first-order valence-electron chi connectivity index (χ1n) is 6.88. The lowest BCUT2D eigenvalue weighted by molar-refractivity contribution is 0.831. The molecule has 0 saturated heterocycles. The quantitative estimate of drug-likeness (QED) is 0.850. The summed E-state index contributed by atoms with van der Waals surface area (Å²) in [6.07, 6.45) is 3.81. The molecule has 1 aliphatic rings. The van der Waals surface area contributed by atoms with Crippen molar-refractivity contribution in [1.29, 1.82) is 0 Å². The topological polar surface area (TPSA) is 26.0 Å². The van der Waals surface area contributed by atoms with Gasteiger partial charge in [0, 0.05) is 16.7 Å². The summed E-state index contributed by atoms with van der Waals surface area (Å²) in [5.74, 6) is 0.933. The van der Waals surface area contributed by atoms with E-state index in [1.807, 2.05) is 17.8 Å². The maximum Gasteiger partial charge on any atom is 0.0390 e. The summed E-state index contributed by atoms with van der Waals surface area (Å²) in [4.78, 5) is 1.35. The molecule has 2 aromatic carbocycles. The van der Waals surface area contributed by atoms with Gasteiger partial charge in [0.25, 0.3) is 0 Å². The van der Waals surface area contributed by atoms with Crippen LogP contribution in [-0.2, 0) is 12.8 Å². The van der Waals surface area contributed by atoms with E-state index in [-0.39, 0.29) is 6.04 Å². The van der Waals surface area contributed by atoms with Crippen molar-refractivity contribution in [1.82, 2.24) is 0 Å². The summed E-state index contributed by atoms with van der Waals surface area (Å²) in [6.45, 7) is 0. The maximum absolute atomic E-state index is 6.23. The van der Waals surface area contributed by atoms with E-state index in [1.165, 1.54) is 35.3 Å². The molecule has 0 heterocycles. The van der Waals surface area contributed by atoms with E-state index < -0.39 is 0 Å². The molecule has 0 saturated carbocycles. The molecular formula is C17H19NS. The van der Waals surface area contributed by atoms with Crippen LogP contribution in [0.15, 0.2) is 53.4 Å². The van der Waals surface area contributed by atoms with E-state index in [1.54, 1.807) is 5.56 Å². The van der Waals surface area contributed by atoms with Gasteiger partial charge in [-0.25, -0.2) is 0 Å². The van der Waals surface area contributed by atoms with Crippen LogP contribution in [0, 0.1) is 0 Å². The minimum Gasteiger partial charge on any atom is -0.323 e. The Morgan fingerprint density at radius 1 is 1.00 bits per heavy atom. The average Bonchev–Trinajstić information content (AvgIpc) is 2.93. The third-order valence-corrected chi connectivity index (χ3v) is 4.84. The Hall–Kier alpha value is -1.25. The van der Waals surface area contributed by atoms with Crippen molar-refractivity contribution >= 4 is 11.8 Å². The van der Waals surface area contributed by atoms with Gasteiger partial charge in [0.05, 0.1) is 0 Å². The Bertz CT molecular complexity index is 550. The van der Waals surface area contributed by atoms with E-state index in [0.29, 0.717) is 0 Å². The Balaban J connectivity index is 1.63. The van der Waals surface area contributed by atoms with Crippen LogP contribution in [0.1, 0.15) is 29.2 Å². The van der Waals surface area contributed by atoms with Crippen LogP contribution < -0.4 is 5.73 Å². The monoisotopic (exact) mass is 269 g/mol. The second kappa shape index (κ2) is 5.81. The molecule has 0 aliphatic heterocycles. The molecule has 0 spiro atoms. The number of nitrogens with two attached hydrogens (primary N) is 1. The van der Waals surface area contributed by atoms with Crippen molar-refractivity contribution in [2.45, 2.75) is 30.2 Å². The number of benzene rings is 2. The van der Waals surface area contributed by atoms with Gasteiger partial charge in [-0.05, 0) is 48.1 Å². The van der Waals surface area contributed by atoms with E-state index in [2.05, 4.69) is 42.5 Å². The van der Waals surface area contributed by atoms with Crippen molar-refractivity contribution in [2.24, 2.45) is 5.73 Å². The first-order chi connectivity index (χ1) is 9.33. The lowest BCUT2D eigenvalue weighted by atomic mass is 10.1. The predicted octanol–water partition coefficient (Wildman–Crippen LogP) is 3.97. The van der Waals surface area contributed by atoms with Gasteiger partial charge in [-0.2, -0.15) is 0 Å². The highest BCUT2D eigenvalue weighted by Gasteiger charge is 2.12. The van der Waals surface area contributed by atoms with Crippen molar-refractivity contribution in [2.75, 3.05) is 5.75 Å². The highest BCUT2D eigenvalue weighted by molar-refractivity contribution is 7.99. The molecule has 19 heavy (non-hydrogen) atoms. The first-order valence-corrected chi connectivity index (χ1v) is 7.86. The standard InChI is InChI=1S/C17H19NS/c18-17(14-5-2-1-3-6-14)12-19-16-10-9-13-7-4-8-15(13)11-16/h1-3,5-6,9-11,17H,4,7-8,12,18H2. The molecule has 2 aromatic rings. The summed E-state index contributed by atoms with van der Waals surface area (Å²) < 4.78 is 0. The molecule has 1 atom stereocenters. The molecule has 98 valence electrons. The molecule has 2 N–H and O–H groups in total. The molecular weight excluding hydrogens is 250 g/mol. The zero-order valence-electron chi connectivity index (χ0n) is 11.0. The Morgan fingerprint density at radius 3 is 2.63 bits per heavy atom. The van der Waals surface area contributed by atoms with Crippen LogP contribution in [0.25, 0.3) is 0 Å². The number of rotatable bonds is 4.